The molecule has 0 amide bonds. The maximum absolute atomic E-state index is 6.18. The summed E-state index contributed by atoms with van der Waals surface area (Å²) in [6, 6.07) is 11.9. The second-order valence-corrected chi connectivity index (χ2v) is 5.81. The van der Waals surface area contributed by atoms with E-state index in [1.807, 2.05) is 30.3 Å². The van der Waals surface area contributed by atoms with Crippen molar-refractivity contribution in [3.05, 3.63) is 57.6 Å². The van der Waals surface area contributed by atoms with Crippen LogP contribution in [0.25, 0.3) is 0 Å². The molecule has 0 spiro atoms. The van der Waals surface area contributed by atoms with Crippen molar-refractivity contribution in [3.8, 4) is 11.5 Å². The van der Waals surface area contributed by atoms with Gasteiger partial charge < -0.3 is 14.8 Å². The Morgan fingerprint density at radius 2 is 2.05 bits per heavy atom. The molecule has 0 fully saturated rings. The van der Waals surface area contributed by atoms with Crippen LogP contribution in [-0.2, 0) is 6.54 Å². The van der Waals surface area contributed by atoms with Gasteiger partial charge in [0.25, 0.3) is 0 Å². The molecule has 0 aromatic heterocycles. The summed E-state index contributed by atoms with van der Waals surface area (Å²) in [7, 11) is 0. The highest BCUT2D eigenvalue weighted by molar-refractivity contribution is 6.32. The lowest BCUT2D eigenvalue weighted by Gasteiger charge is -2.15. The fourth-order valence-electron chi connectivity index (χ4n) is 2.29. The third kappa shape index (κ3) is 3.26. The van der Waals surface area contributed by atoms with Gasteiger partial charge in [0.05, 0.1) is 5.02 Å². The fraction of sp³-hybridized carbons (Fsp3) is 0.250. The molecule has 1 atom stereocenters. The van der Waals surface area contributed by atoms with Crippen LogP contribution in [0.1, 0.15) is 24.1 Å². The number of hydrogen-bond acceptors (Lipinski definition) is 3. The summed E-state index contributed by atoms with van der Waals surface area (Å²) in [5.41, 5.74) is 2.20. The van der Waals surface area contributed by atoms with E-state index in [1.165, 1.54) is 0 Å². The van der Waals surface area contributed by atoms with Crippen molar-refractivity contribution < 1.29 is 9.47 Å². The van der Waals surface area contributed by atoms with Gasteiger partial charge in [0, 0.05) is 17.6 Å². The molecule has 1 heterocycles. The quantitative estimate of drug-likeness (QED) is 0.893. The molecule has 2 aromatic carbocycles. The molecule has 5 heteroatoms. The Balaban J connectivity index is 1.69. The molecule has 21 heavy (non-hydrogen) atoms. The first-order valence-electron chi connectivity index (χ1n) is 6.70. The molecule has 3 rings (SSSR count). The summed E-state index contributed by atoms with van der Waals surface area (Å²) in [5.74, 6) is 1.33. The lowest BCUT2D eigenvalue weighted by molar-refractivity contribution is 0.174. The molecule has 1 N–H and O–H groups in total. The Hall–Kier alpha value is -1.42. The molecule has 1 aliphatic rings. The fourth-order valence-corrected chi connectivity index (χ4v) is 2.77. The first-order valence-corrected chi connectivity index (χ1v) is 7.46. The Kier molecular flexibility index (Phi) is 4.24. The van der Waals surface area contributed by atoms with Crippen LogP contribution in [0.5, 0.6) is 11.5 Å². The molecule has 0 bridgehead atoms. The highest BCUT2D eigenvalue weighted by atomic mass is 35.5. The Labute approximate surface area is 133 Å². The molecule has 1 unspecified atom stereocenters. The minimum Gasteiger partial charge on any atom is -0.454 e. The number of halogens is 2. The van der Waals surface area contributed by atoms with Gasteiger partial charge >= 0.3 is 0 Å². The van der Waals surface area contributed by atoms with E-state index in [1.54, 1.807) is 0 Å². The summed E-state index contributed by atoms with van der Waals surface area (Å²) < 4.78 is 10.7. The molecule has 0 radical (unpaired) electrons. The summed E-state index contributed by atoms with van der Waals surface area (Å²) >= 11 is 12.2. The maximum Gasteiger partial charge on any atom is 0.231 e. The molecule has 110 valence electrons. The van der Waals surface area contributed by atoms with Crippen molar-refractivity contribution >= 4 is 23.2 Å². The van der Waals surface area contributed by atoms with Gasteiger partial charge in [0.15, 0.2) is 11.5 Å². The summed E-state index contributed by atoms with van der Waals surface area (Å²) in [6.45, 7) is 3.01. The average molecular weight is 324 g/mol. The van der Waals surface area contributed by atoms with Crippen LogP contribution in [0.15, 0.2) is 36.4 Å². The number of nitrogens with one attached hydrogen (secondary N) is 1. The SMILES string of the molecule is CC(NCc1cc(Cl)c2c(c1)OCO2)c1cccc(Cl)c1. The zero-order valence-corrected chi connectivity index (χ0v) is 13.0. The van der Waals surface area contributed by atoms with Crippen molar-refractivity contribution in [2.45, 2.75) is 19.5 Å². The van der Waals surface area contributed by atoms with Crippen molar-refractivity contribution in [1.82, 2.24) is 5.32 Å². The molecule has 2 aromatic rings. The monoisotopic (exact) mass is 323 g/mol. The topological polar surface area (TPSA) is 30.5 Å². The Bertz CT molecular complexity index is 661. The van der Waals surface area contributed by atoms with Gasteiger partial charge in [-0.2, -0.15) is 0 Å². The summed E-state index contributed by atoms with van der Waals surface area (Å²) in [5, 5.41) is 4.77. The molecule has 3 nitrogen and oxygen atoms in total. The first kappa shape index (κ1) is 14.5. The number of hydrogen-bond donors (Lipinski definition) is 1. The van der Waals surface area contributed by atoms with Crippen molar-refractivity contribution in [2.24, 2.45) is 0 Å². The highest BCUT2D eigenvalue weighted by Crippen LogP contribution is 2.39. The number of rotatable bonds is 4. The zero-order chi connectivity index (χ0) is 14.8. The third-order valence-corrected chi connectivity index (χ3v) is 3.96. The smallest absolute Gasteiger partial charge is 0.231 e. The summed E-state index contributed by atoms with van der Waals surface area (Å²) in [6.07, 6.45) is 0. The van der Waals surface area contributed by atoms with E-state index in [2.05, 4.69) is 18.3 Å². The van der Waals surface area contributed by atoms with Gasteiger partial charge in [-0.1, -0.05) is 35.3 Å². The van der Waals surface area contributed by atoms with Crippen molar-refractivity contribution in [3.63, 3.8) is 0 Å². The van der Waals surface area contributed by atoms with Crippen LogP contribution >= 0.6 is 23.2 Å². The third-order valence-electron chi connectivity index (χ3n) is 3.45. The normalized spacial score (nSPS) is 14.2. The van der Waals surface area contributed by atoms with Gasteiger partial charge in [-0.15, -0.1) is 0 Å². The molecule has 0 aliphatic carbocycles. The minimum absolute atomic E-state index is 0.188. The van der Waals surface area contributed by atoms with E-state index < -0.39 is 0 Å². The average Bonchev–Trinajstić information content (AvgIpc) is 2.93. The molecule has 0 saturated carbocycles. The van der Waals surface area contributed by atoms with Gasteiger partial charge in [-0.3, -0.25) is 0 Å². The van der Waals surface area contributed by atoms with Crippen LogP contribution in [0, 0.1) is 0 Å². The second-order valence-electron chi connectivity index (χ2n) is 4.97. The molecule has 0 saturated heterocycles. The minimum atomic E-state index is 0.188. The van der Waals surface area contributed by atoms with E-state index in [-0.39, 0.29) is 12.8 Å². The second kappa shape index (κ2) is 6.14. The largest absolute Gasteiger partial charge is 0.454 e. The number of fused-ring (bicyclic) bond motifs is 1. The summed E-state index contributed by atoms with van der Waals surface area (Å²) in [4.78, 5) is 0. The predicted molar refractivity (Wildman–Crippen MR) is 84.3 cm³/mol. The lowest BCUT2D eigenvalue weighted by atomic mass is 10.1. The van der Waals surface area contributed by atoms with Crippen LogP contribution < -0.4 is 14.8 Å². The van der Waals surface area contributed by atoms with E-state index >= 15 is 0 Å². The van der Waals surface area contributed by atoms with Crippen LogP contribution in [0.3, 0.4) is 0 Å². The molecular formula is C16H15Cl2NO2. The standard InChI is InChI=1S/C16H15Cl2NO2/c1-10(12-3-2-4-13(17)7-12)19-8-11-5-14(18)16-15(6-11)20-9-21-16/h2-7,10,19H,8-9H2,1H3. The van der Waals surface area contributed by atoms with Gasteiger partial charge in [0.2, 0.25) is 6.79 Å². The van der Waals surface area contributed by atoms with E-state index in [0.29, 0.717) is 23.1 Å². The van der Waals surface area contributed by atoms with Gasteiger partial charge in [-0.05, 0) is 42.3 Å². The predicted octanol–water partition coefficient (Wildman–Crippen LogP) is 4.57. The lowest BCUT2D eigenvalue weighted by Crippen LogP contribution is -2.18. The molecular weight excluding hydrogens is 309 g/mol. The Morgan fingerprint density at radius 3 is 2.86 bits per heavy atom. The zero-order valence-electron chi connectivity index (χ0n) is 11.5. The van der Waals surface area contributed by atoms with Gasteiger partial charge in [0.1, 0.15) is 0 Å². The molecule has 1 aliphatic heterocycles. The van der Waals surface area contributed by atoms with Gasteiger partial charge in [-0.25, -0.2) is 0 Å². The Morgan fingerprint density at radius 1 is 1.19 bits per heavy atom. The maximum atomic E-state index is 6.18. The number of ether oxygens (including phenoxy) is 2. The van der Waals surface area contributed by atoms with Crippen LogP contribution in [0.4, 0.5) is 0 Å². The van der Waals surface area contributed by atoms with E-state index in [0.717, 1.165) is 16.1 Å². The highest BCUT2D eigenvalue weighted by Gasteiger charge is 2.18. The van der Waals surface area contributed by atoms with Crippen molar-refractivity contribution in [1.29, 1.82) is 0 Å². The van der Waals surface area contributed by atoms with Crippen LogP contribution in [-0.4, -0.2) is 6.79 Å². The van der Waals surface area contributed by atoms with E-state index in [9.17, 15) is 0 Å². The van der Waals surface area contributed by atoms with E-state index in [4.69, 9.17) is 32.7 Å². The van der Waals surface area contributed by atoms with Crippen LogP contribution in [0.2, 0.25) is 10.0 Å². The first-order chi connectivity index (χ1) is 10.1. The van der Waals surface area contributed by atoms with Crippen molar-refractivity contribution in [2.75, 3.05) is 6.79 Å². The number of benzene rings is 2.